The number of piperazine rings is 1. The normalized spacial score (nSPS) is 21.7. The number of pyridine rings is 1. The monoisotopic (exact) mass is 1030 g/mol. The molecule has 4 N–H and O–H groups in total. The van der Waals surface area contributed by atoms with Gasteiger partial charge in [0.05, 0.1) is 27.2 Å². The highest BCUT2D eigenvalue weighted by atomic mass is 32.2. The van der Waals surface area contributed by atoms with E-state index in [9.17, 15) is 37.2 Å². The van der Waals surface area contributed by atoms with Crippen LogP contribution in [0.15, 0.2) is 108 Å². The maximum absolute atomic E-state index is 14.9. The van der Waals surface area contributed by atoms with Crippen LogP contribution in [0.3, 0.4) is 0 Å². The lowest BCUT2D eigenvalue weighted by atomic mass is 9.59. The number of aromatic amines is 1. The fraction of sp³-hybridized carbons (Fsp3) is 0.429. The molecule has 74 heavy (non-hydrogen) atoms. The summed E-state index contributed by atoms with van der Waals surface area (Å²) in [5.74, 6) is -1.12. The van der Waals surface area contributed by atoms with Crippen molar-refractivity contribution in [1.29, 1.82) is 0 Å². The van der Waals surface area contributed by atoms with Crippen molar-refractivity contribution in [3.8, 4) is 11.5 Å². The molecular weight excluding hydrogens is 967 g/mol. The van der Waals surface area contributed by atoms with Crippen LogP contribution in [0.1, 0.15) is 111 Å². The highest BCUT2D eigenvalue weighted by molar-refractivity contribution is 7.90. The van der Waals surface area contributed by atoms with E-state index in [1.54, 1.807) is 43.5 Å². The summed E-state index contributed by atoms with van der Waals surface area (Å²) >= 11 is 0. The second-order valence-corrected chi connectivity index (χ2v) is 23.3. The van der Waals surface area contributed by atoms with Crippen molar-refractivity contribution in [2.75, 3.05) is 49.5 Å². The van der Waals surface area contributed by atoms with Crippen LogP contribution in [0.2, 0.25) is 0 Å². The number of aliphatic hydroxyl groups is 1. The van der Waals surface area contributed by atoms with Crippen LogP contribution < -0.4 is 19.7 Å². The number of anilines is 2. The Kier molecular flexibility index (Phi) is 14.3. The number of nitrogens with one attached hydrogen (secondary N) is 3. The van der Waals surface area contributed by atoms with Gasteiger partial charge in [0, 0.05) is 98.9 Å². The SMILES string of the molecule is CC(C)c1ccccc1C1CN(Cc2ccc(F)cc2F)CCN1C1CC2(CCN(c3ccc(C(=O)NS(=O)(=O)c4ccc(NCC5CCC(C)(O)CC5)c([N+](=O)[O-])c4)c(Oc4cnc5[nH]ccc5c4)c3)CC2)C1. The zero-order valence-electron chi connectivity index (χ0n) is 42.0. The van der Waals surface area contributed by atoms with E-state index in [-0.39, 0.29) is 34.4 Å². The average molecular weight is 1030 g/mol. The summed E-state index contributed by atoms with van der Waals surface area (Å²) in [6.45, 7) is 10.9. The van der Waals surface area contributed by atoms with Gasteiger partial charge in [0.2, 0.25) is 0 Å². The van der Waals surface area contributed by atoms with Crippen LogP contribution in [0.25, 0.3) is 11.0 Å². The summed E-state index contributed by atoms with van der Waals surface area (Å²) in [5.41, 5.74) is 3.63. The number of carbonyl (C=O) groups is 1. The summed E-state index contributed by atoms with van der Waals surface area (Å²) in [7, 11) is -4.61. The number of aromatic nitrogens is 2. The van der Waals surface area contributed by atoms with Crippen molar-refractivity contribution in [3.63, 3.8) is 0 Å². The first-order valence-corrected chi connectivity index (χ1v) is 27.2. The van der Waals surface area contributed by atoms with Gasteiger partial charge in [-0.25, -0.2) is 26.9 Å². The summed E-state index contributed by atoms with van der Waals surface area (Å²) in [6.07, 6.45) is 10.0. The number of halogens is 2. The number of hydrogen-bond acceptors (Lipinski definition) is 12. The second-order valence-electron chi connectivity index (χ2n) is 21.6. The summed E-state index contributed by atoms with van der Waals surface area (Å²) in [6, 6.07) is 25.2. The molecule has 4 heterocycles. The first-order chi connectivity index (χ1) is 35.4. The third kappa shape index (κ3) is 11.0. The minimum Gasteiger partial charge on any atom is -0.455 e. The molecule has 1 amide bonds. The zero-order chi connectivity index (χ0) is 51.9. The molecule has 1 spiro atoms. The lowest BCUT2D eigenvalue weighted by Crippen LogP contribution is -2.60. The molecular formula is C56H64F2N8O7S. The van der Waals surface area contributed by atoms with E-state index in [4.69, 9.17) is 4.74 Å². The smallest absolute Gasteiger partial charge is 0.293 e. The number of sulfonamides is 1. The third-order valence-corrected chi connectivity index (χ3v) is 17.5. The molecule has 2 aromatic heterocycles. The lowest BCUT2D eigenvalue weighted by molar-refractivity contribution is -0.384. The fourth-order valence-corrected chi connectivity index (χ4v) is 12.8. The number of nitro groups is 1. The lowest BCUT2D eigenvalue weighted by Gasteiger charge is -2.58. The molecule has 10 rings (SSSR count). The Morgan fingerprint density at radius 1 is 0.959 bits per heavy atom. The Bertz CT molecular complexity index is 3160. The molecule has 4 aromatic carbocycles. The number of fused-ring (bicyclic) bond motifs is 1. The van der Waals surface area contributed by atoms with Crippen molar-refractivity contribution in [1.82, 2.24) is 24.5 Å². The van der Waals surface area contributed by atoms with Gasteiger partial charge in [-0.2, -0.15) is 0 Å². The van der Waals surface area contributed by atoms with Crippen LogP contribution in [-0.2, 0) is 16.6 Å². The van der Waals surface area contributed by atoms with E-state index in [0.29, 0.717) is 54.9 Å². The molecule has 4 fully saturated rings. The maximum Gasteiger partial charge on any atom is 0.293 e. The van der Waals surface area contributed by atoms with Crippen LogP contribution >= 0.6 is 0 Å². The van der Waals surface area contributed by atoms with E-state index in [1.807, 2.05) is 6.07 Å². The van der Waals surface area contributed by atoms with Crippen LogP contribution in [0.4, 0.5) is 25.8 Å². The van der Waals surface area contributed by atoms with E-state index < -0.39 is 48.7 Å². The van der Waals surface area contributed by atoms with Gasteiger partial charge in [-0.15, -0.1) is 0 Å². The molecule has 2 saturated carbocycles. The van der Waals surface area contributed by atoms with Gasteiger partial charge in [-0.05, 0) is 129 Å². The zero-order valence-corrected chi connectivity index (χ0v) is 42.8. The maximum atomic E-state index is 14.9. The Morgan fingerprint density at radius 3 is 2.47 bits per heavy atom. The van der Waals surface area contributed by atoms with Gasteiger partial charge >= 0.3 is 0 Å². The minimum absolute atomic E-state index is 0.0578. The summed E-state index contributed by atoms with van der Waals surface area (Å²) < 4.78 is 64.8. The molecule has 2 saturated heterocycles. The van der Waals surface area contributed by atoms with Crippen molar-refractivity contribution < 1.29 is 36.8 Å². The molecule has 0 bridgehead atoms. The van der Waals surface area contributed by atoms with Gasteiger partial charge in [-0.3, -0.25) is 24.7 Å². The number of nitro benzene ring substituents is 1. The van der Waals surface area contributed by atoms with Gasteiger partial charge in [-0.1, -0.05) is 44.2 Å². The Balaban J connectivity index is 0.833. The highest BCUT2D eigenvalue weighted by Gasteiger charge is 2.50. The molecule has 6 aromatic rings. The van der Waals surface area contributed by atoms with Gasteiger partial charge in [0.15, 0.2) is 0 Å². The van der Waals surface area contributed by atoms with E-state index in [0.717, 1.165) is 94.5 Å². The Morgan fingerprint density at radius 2 is 1.73 bits per heavy atom. The average Bonchev–Trinajstić information content (AvgIpc) is 3.84. The number of carbonyl (C=O) groups excluding carboxylic acids is 1. The quantitative estimate of drug-likeness (QED) is 0.0564. The van der Waals surface area contributed by atoms with Crippen molar-refractivity contribution in [2.45, 2.75) is 107 Å². The number of rotatable bonds is 15. The summed E-state index contributed by atoms with van der Waals surface area (Å²) in [5, 5.41) is 26.4. The van der Waals surface area contributed by atoms with E-state index in [2.05, 4.69) is 72.8 Å². The number of benzene rings is 4. The van der Waals surface area contributed by atoms with Crippen LogP contribution in [0, 0.1) is 33.1 Å². The van der Waals surface area contributed by atoms with Crippen molar-refractivity contribution in [2.24, 2.45) is 11.3 Å². The number of piperidine rings is 1. The molecule has 0 radical (unpaired) electrons. The molecule has 15 nitrogen and oxygen atoms in total. The molecule has 2 aliphatic heterocycles. The predicted octanol–water partition coefficient (Wildman–Crippen LogP) is 10.4. The largest absolute Gasteiger partial charge is 0.455 e. The van der Waals surface area contributed by atoms with Gasteiger partial charge < -0.3 is 25.0 Å². The number of amides is 1. The predicted molar refractivity (Wildman–Crippen MR) is 280 cm³/mol. The molecule has 1 atom stereocenters. The van der Waals surface area contributed by atoms with Gasteiger partial charge in [0.25, 0.3) is 21.6 Å². The fourth-order valence-electron chi connectivity index (χ4n) is 11.8. The van der Waals surface area contributed by atoms with Crippen LogP contribution in [0.5, 0.6) is 11.5 Å². The molecule has 1 unspecified atom stereocenters. The van der Waals surface area contributed by atoms with Crippen molar-refractivity contribution in [3.05, 3.63) is 147 Å². The van der Waals surface area contributed by atoms with Crippen LogP contribution in [-0.4, -0.2) is 95.0 Å². The number of nitrogens with zero attached hydrogens (tertiary/aromatic N) is 5. The van der Waals surface area contributed by atoms with Crippen molar-refractivity contribution >= 4 is 44.0 Å². The second kappa shape index (κ2) is 20.7. The Hall–Kier alpha value is -6.47. The topological polar surface area (TPSA) is 186 Å². The third-order valence-electron chi connectivity index (χ3n) is 16.2. The first-order valence-electron chi connectivity index (χ1n) is 25.7. The van der Waals surface area contributed by atoms with E-state index >= 15 is 0 Å². The molecule has 2 aliphatic carbocycles. The number of H-pyrrole nitrogens is 1. The standard InChI is InChI=1S/C56H64F2N8O7S/c1-36(2)45-6-4-5-7-46(45)51-35-63(34-39-8-9-40(57)27-48(39)58)24-25-65(51)42-30-56(31-42)19-22-64(23-20-56)41-10-12-47(52(28-41)73-43-26-38-16-21-59-53(38)61-33-43)54(67)62-74(71,72)44-11-13-49(50(29-44)66(69)70)60-32-37-14-17-55(3,68)18-15-37/h4-13,16,21,26-29,33,36-37,42,51,60,68H,14-15,17-20,22-25,30-32,34-35H2,1-3H3,(H,59,61)(H,62,67). The molecule has 18 heteroatoms. The number of ether oxygens (including phenoxy) is 1. The molecule has 4 aliphatic rings. The highest BCUT2D eigenvalue weighted by Crippen LogP contribution is 2.53. The van der Waals surface area contributed by atoms with Gasteiger partial charge in [0.1, 0.15) is 34.5 Å². The van der Waals surface area contributed by atoms with E-state index in [1.165, 1.54) is 35.5 Å². The minimum atomic E-state index is -4.61. The summed E-state index contributed by atoms with van der Waals surface area (Å²) in [4.78, 5) is 39.9. The Labute approximate surface area is 430 Å². The number of hydrogen-bond donors (Lipinski definition) is 4. The first kappa shape index (κ1) is 51.0. The molecule has 390 valence electrons.